The zero-order valence-corrected chi connectivity index (χ0v) is 10.6. The zero-order chi connectivity index (χ0) is 13.0. The van der Waals surface area contributed by atoms with Gasteiger partial charge >= 0.3 is 0 Å². The van der Waals surface area contributed by atoms with Crippen LogP contribution in [0.1, 0.15) is 32.4 Å². The van der Waals surface area contributed by atoms with E-state index < -0.39 is 0 Å². The summed E-state index contributed by atoms with van der Waals surface area (Å²) in [6, 6.07) is 1.79. The first-order chi connectivity index (χ1) is 7.90. The van der Waals surface area contributed by atoms with E-state index in [9.17, 15) is 9.59 Å². The number of nitrogens with one attached hydrogen (secondary N) is 2. The molecular weight excluding hydrogens is 220 g/mol. The number of rotatable bonds is 4. The molecule has 6 heteroatoms. The van der Waals surface area contributed by atoms with Crippen LogP contribution in [-0.2, 0) is 9.59 Å². The third-order valence-corrected chi connectivity index (χ3v) is 2.41. The van der Waals surface area contributed by atoms with Crippen molar-refractivity contribution in [1.29, 1.82) is 0 Å². The van der Waals surface area contributed by atoms with Crippen LogP contribution in [0.25, 0.3) is 0 Å². The Labute approximate surface area is 100 Å². The Morgan fingerprint density at radius 2 is 2.18 bits per heavy atom. The van der Waals surface area contributed by atoms with Gasteiger partial charge in [0, 0.05) is 25.7 Å². The topological polar surface area (TPSA) is 78.1 Å². The number of likely N-dealkylation sites (N-methyl/N-ethyl adjacent to an activating group) is 1. The van der Waals surface area contributed by atoms with Gasteiger partial charge < -0.3 is 10.2 Å². The van der Waals surface area contributed by atoms with Gasteiger partial charge in [0.05, 0.1) is 6.54 Å². The van der Waals surface area contributed by atoms with Gasteiger partial charge in [0.2, 0.25) is 11.8 Å². The molecule has 0 unspecified atom stereocenters. The Hall–Kier alpha value is -1.85. The molecule has 94 valence electrons. The summed E-state index contributed by atoms with van der Waals surface area (Å²) < 4.78 is 0. The Kier molecular flexibility index (Phi) is 4.25. The number of aromatic nitrogens is 2. The molecule has 0 spiro atoms. The van der Waals surface area contributed by atoms with Crippen molar-refractivity contribution in [3.05, 3.63) is 11.8 Å². The Morgan fingerprint density at radius 3 is 2.65 bits per heavy atom. The molecule has 1 rings (SSSR count). The second-order valence-corrected chi connectivity index (χ2v) is 4.29. The molecule has 2 N–H and O–H groups in total. The fourth-order valence-corrected chi connectivity index (χ4v) is 1.21. The second kappa shape index (κ2) is 5.47. The molecule has 17 heavy (non-hydrogen) atoms. The first kappa shape index (κ1) is 13.2. The second-order valence-electron chi connectivity index (χ2n) is 4.29. The van der Waals surface area contributed by atoms with E-state index in [-0.39, 0.29) is 18.4 Å². The molecule has 6 nitrogen and oxygen atoms in total. The van der Waals surface area contributed by atoms with Gasteiger partial charge in [0.15, 0.2) is 5.82 Å². The van der Waals surface area contributed by atoms with Crippen molar-refractivity contribution < 1.29 is 9.59 Å². The Morgan fingerprint density at radius 1 is 1.53 bits per heavy atom. The van der Waals surface area contributed by atoms with Crippen molar-refractivity contribution in [3.63, 3.8) is 0 Å². The maximum absolute atomic E-state index is 11.5. The molecule has 0 aromatic carbocycles. The van der Waals surface area contributed by atoms with E-state index in [1.54, 1.807) is 13.1 Å². The fraction of sp³-hybridized carbons (Fsp3) is 0.545. The number of hydrogen-bond donors (Lipinski definition) is 2. The first-order valence-electron chi connectivity index (χ1n) is 5.47. The monoisotopic (exact) mass is 238 g/mol. The summed E-state index contributed by atoms with van der Waals surface area (Å²) in [6.45, 7) is 5.50. The standard InChI is InChI=1S/C11H18N4O2/c1-7(2)9-5-10(14-13-9)12-11(17)6-15(4)8(3)16/h5,7H,6H2,1-4H3,(H2,12,13,14,17). The first-order valence-corrected chi connectivity index (χ1v) is 5.47. The summed E-state index contributed by atoms with van der Waals surface area (Å²) in [5.41, 5.74) is 0.959. The SMILES string of the molecule is CC(=O)N(C)CC(=O)Nc1cc(C(C)C)[nH]n1. The molecule has 0 aliphatic carbocycles. The highest BCUT2D eigenvalue weighted by atomic mass is 16.2. The number of aromatic amines is 1. The summed E-state index contributed by atoms with van der Waals surface area (Å²) in [5.74, 6) is 0.401. The highest BCUT2D eigenvalue weighted by Gasteiger charge is 2.11. The number of hydrogen-bond acceptors (Lipinski definition) is 3. The summed E-state index contributed by atoms with van der Waals surface area (Å²) in [7, 11) is 1.58. The average molecular weight is 238 g/mol. The lowest BCUT2D eigenvalue weighted by Crippen LogP contribution is -2.33. The molecule has 1 aromatic rings. The Balaban J connectivity index is 2.53. The highest BCUT2D eigenvalue weighted by Crippen LogP contribution is 2.14. The van der Waals surface area contributed by atoms with E-state index in [0.717, 1.165) is 5.69 Å². The predicted molar refractivity (Wildman–Crippen MR) is 64.6 cm³/mol. The van der Waals surface area contributed by atoms with E-state index in [4.69, 9.17) is 0 Å². The van der Waals surface area contributed by atoms with Gasteiger partial charge in [-0.05, 0) is 5.92 Å². The van der Waals surface area contributed by atoms with Gasteiger partial charge in [-0.25, -0.2) is 0 Å². The molecule has 0 saturated carbocycles. The molecular formula is C11H18N4O2. The minimum atomic E-state index is -0.260. The largest absolute Gasteiger partial charge is 0.337 e. The quantitative estimate of drug-likeness (QED) is 0.819. The zero-order valence-electron chi connectivity index (χ0n) is 10.6. The van der Waals surface area contributed by atoms with Crippen LogP contribution in [0.3, 0.4) is 0 Å². The summed E-state index contributed by atoms with van der Waals surface area (Å²) in [4.78, 5) is 23.8. The molecule has 0 aliphatic rings. The lowest BCUT2D eigenvalue weighted by molar-refractivity contribution is -0.131. The number of H-pyrrole nitrogens is 1. The molecule has 0 saturated heterocycles. The average Bonchev–Trinajstić information content (AvgIpc) is 2.65. The Bertz CT molecular complexity index is 411. The van der Waals surface area contributed by atoms with Crippen LogP contribution in [0.5, 0.6) is 0 Å². The van der Waals surface area contributed by atoms with Crippen LogP contribution in [0.15, 0.2) is 6.07 Å². The number of carbonyl (C=O) groups is 2. The lowest BCUT2D eigenvalue weighted by atomic mass is 10.1. The maximum atomic E-state index is 11.5. The molecule has 1 heterocycles. The summed E-state index contributed by atoms with van der Waals surface area (Å²) in [6.07, 6.45) is 0. The highest BCUT2D eigenvalue weighted by molar-refractivity contribution is 5.93. The fourth-order valence-electron chi connectivity index (χ4n) is 1.21. The predicted octanol–water partition coefficient (Wildman–Crippen LogP) is 0.950. The van der Waals surface area contributed by atoms with Gasteiger partial charge in [-0.15, -0.1) is 0 Å². The van der Waals surface area contributed by atoms with Crippen molar-refractivity contribution in [2.75, 3.05) is 18.9 Å². The van der Waals surface area contributed by atoms with Crippen molar-refractivity contribution in [2.24, 2.45) is 0 Å². The number of carbonyl (C=O) groups excluding carboxylic acids is 2. The number of anilines is 1. The van der Waals surface area contributed by atoms with Gasteiger partial charge in [-0.2, -0.15) is 5.10 Å². The number of nitrogens with zero attached hydrogens (tertiary/aromatic N) is 2. The van der Waals surface area contributed by atoms with Crippen LogP contribution in [0.2, 0.25) is 0 Å². The van der Waals surface area contributed by atoms with Crippen LogP contribution >= 0.6 is 0 Å². The van der Waals surface area contributed by atoms with Crippen molar-refractivity contribution in [2.45, 2.75) is 26.7 Å². The summed E-state index contributed by atoms with van der Waals surface area (Å²) in [5, 5.41) is 9.44. The third-order valence-electron chi connectivity index (χ3n) is 2.41. The van der Waals surface area contributed by atoms with Crippen LogP contribution < -0.4 is 5.32 Å². The van der Waals surface area contributed by atoms with Crippen LogP contribution in [0, 0.1) is 0 Å². The van der Waals surface area contributed by atoms with Crippen molar-refractivity contribution in [1.82, 2.24) is 15.1 Å². The van der Waals surface area contributed by atoms with Gasteiger partial charge in [0.25, 0.3) is 0 Å². The lowest BCUT2D eigenvalue weighted by Gasteiger charge is -2.13. The third kappa shape index (κ3) is 3.90. The smallest absolute Gasteiger partial charge is 0.245 e. The van der Waals surface area contributed by atoms with Gasteiger partial charge in [-0.3, -0.25) is 14.7 Å². The molecule has 0 aliphatic heterocycles. The van der Waals surface area contributed by atoms with Crippen molar-refractivity contribution in [3.8, 4) is 0 Å². The minimum absolute atomic E-state index is 0.0270. The maximum Gasteiger partial charge on any atom is 0.245 e. The van der Waals surface area contributed by atoms with E-state index >= 15 is 0 Å². The number of amides is 2. The molecule has 0 fully saturated rings. The normalized spacial score (nSPS) is 10.4. The van der Waals surface area contributed by atoms with E-state index in [2.05, 4.69) is 15.5 Å². The summed E-state index contributed by atoms with van der Waals surface area (Å²) >= 11 is 0. The molecule has 0 atom stereocenters. The molecule has 0 bridgehead atoms. The molecule has 0 radical (unpaired) electrons. The molecule has 2 amide bonds. The van der Waals surface area contributed by atoms with Crippen LogP contribution in [-0.4, -0.2) is 40.5 Å². The minimum Gasteiger partial charge on any atom is -0.337 e. The van der Waals surface area contributed by atoms with E-state index in [1.807, 2.05) is 13.8 Å². The van der Waals surface area contributed by atoms with E-state index in [0.29, 0.717) is 11.7 Å². The van der Waals surface area contributed by atoms with Crippen LogP contribution in [0.4, 0.5) is 5.82 Å². The van der Waals surface area contributed by atoms with Crippen molar-refractivity contribution >= 4 is 17.6 Å². The van der Waals surface area contributed by atoms with Gasteiger partial charge in [-0.1, -0.05) is 13.8 Å². The van der Waals surface area contributed by atoms with E-state index in [1.165, 1.54) is 11.8 Å². The van der Waals surface area contributed by atoms with Gasteiger partial charge in [0.1, 0.15) is 0 Å². The molecule has 1 aromatic heterocycles.